The summed E-state index contributed by atoms with van der Waals surface area (Å²) in [7, 11) is 0. The Bertz CT molecular complexity index is 603. The second-order valence-electron chi connectivity index (χ2n) is 7.26. The molecule has 0 aromatic carbocycles. The minimum Gasteiger partial charge on any atom is -0.360 e. The molecule has 138 valence electrons. The zero-order chi connectivity index (χ0) is 17.8. The van der Waals surface area contributed by atoms with Crippen LogP contribution in [0.25, 0.3) is 0 Å². The average Bonchev–Trinajstić information content (AvgIpc) is 3.36. The molecule has 7 nitrogen and oxygen atoms in total. The topological polar surface area (TPSA) is 101 Å². The molecule has 2 aliphatic rings. The lowest BCUT2D eigenvalue weighted by molar-refractivity contribution is -0.132. The van der Waals surface area contributed by atoms with Crippen LogP contribution in [0.1, 0.15) is 67.6 Å². The van der Waals surface area contributed by atoms with Crippen molar-refractivity contribution in [1.82, 2.24) is 15.4 Å². The van der Waals surface area contributed by atoms with Crippen LogP contribution >= 0.6 is 0 Å². The van der Waals surface area contributed by atoms with Crippen LogP contribution in [-0.4, -0.2) is 47.5 Å². The summed E-state index contributed by atoms with van der Waals surface area (Å²) in [4.78, 5) is 26.3. The first-order chi connectivity index (χ1) is 12.1. The molecule has 1 aromatic heterocycles. The molecule has 0 spiro atoms. The van der Waals surface area contributed by atoms with E-state index in [0.29, 0.717) is 30.5 Å². The number of nitrogens with one attached hydrogen (secondary N) is 1. The molecule has 1 aromatic rings. The molecule has 2 amide bonds. The van der Waals surface area contributed by atoms with Gasteiger partial charge in [0.05, 0.1) is 0 Å². The molecule has 2 heterocycles. The van der Waals surface area contributed by atoms with Crippen molar-refractivity contribution in [1.29, 1.82) is 0 Å². The van der Waals surface area contributed by atoms with Gasteiger partial charge in [-0.15, -0.1) is 0 Å². The Morgan fingerprint density at radius 3 is 2.72 bits per heavy atom. The second-order valence-corrected chi connectivity index (χ2v) is 7.26. The number of hydrogen-bond acceptors (Lipinski definition) is 5. The van der Waals surface area contributed by atoms with Crippen molar-refractivity contribution in [3.05, 3.63) is 17.5 Å². The average molecular weight is 348 g/mol. The Morgan fingerprint density at radius 2 is 2.08 bits per heavy atom. The van der Waals surface area contributed by atoms with Gasteiger partial charge in [0.15, 0.2) is 5.69 Å². The van der Waals surface area contributed by atoms with Crippen molar-refractivity contribution in [2.45, 2.75) is 57.4 Å². The van der Waals surface area contributed by atoms with Gasteiger partial charge in [-0.1, -0.05) is 5.16 Å². The Balaban J connectivity index is 1.44. The van der Waals surface area contributed by atoms with Crippen LogP contribution in [0, 0.1) is 5.92 Å². The highest BCUT2D eigenvalue weighted by Gasteiger charge is 2.30. The van der Waals surface area contributed by atoms with Crippen LogP contribution in [0.4, 0.5) is 0 Å². The summed E-state index contributed by atoms with van der Waals surface area (Å²) in [5, 5.41) is 6.92. The van der Waals surface area contributed by atoms with E-state index in [9.17, 15) is 9.59 Å². The SMILES string of the molecule is C[C@H](NC(=O)c1cc(C2CC2)on1)C1CCN(C(=O)CCCN)CC1. The third-order valence-corrected chi connectivity index (χ3v) is 5.29. The number of piperidine rings is 1. The Labute approximate surface area is 148 Å². The Hall–Kier alpha value is -1.89. The normalized spacial score (nSPS) is 19.7. The summed E-state index contributed by atoms with van der Waals surface area (Å²) < 4.78 is 5.25. The van der Waals surface area contributed by atoms with Crippen molar-refractivity contribution >= 4 is 11.8 Å². The fourth-order valence-electron chi connectivity index (χ4n) is 3.42. The molecule has 1 aliphatic heterocycles. The van der Waals surface area contributed by atoms with Crippen molar-refractivity contribution in [3.8, 4) is 0 Å². The minimum absolute atomic E-state index is 0.0508. The van der Waals surface area contributed by atoms with Crippen LogP contribution in [0.2, 0.25) is 0 Å². The zero-order valence-corrected chi connectivity index (χ0v) is 14.9. The quantitative estimate of drug-likeness (QED) is 0.780. The molecule has 25 heavy (non-hydrogen) atoms. The Morgan fingerprint density at radius 1 is 1.36 bits per heavy atom. The summed E-state index contributed by atoms with van der Waals surface area (Å²) >= 11 is 0. The highest BCUT2D eigenvalue weighted by atomic mass is 16.5. The molecule has 0 bridgehead atoms. The molecule has 3 rings (SSSR count). The van der Waals surface area contributed by atoms with Crippen molar-refractivity contribution in [2.75, 3.05) is 19.6 Å². The predicted octanol–water partition coefficient (Wildman–Crippen LogP) is 1.65. The Kier molecular flexibility index (Phi) is 5.73. The van der Waals surface area contributed by atoms with E-state index in [2.05, 4.69) is 10.5 Å². The molecule has 7 heteroatoms. The van der Waals surface area contributed by atoms with Gasteiger partial charge >= 0.3 is 0 Å². The predicted molar refractivity (Wildman–Crippen MR) is 93.0 cm³/mol. The lowest BCUT2D eigenvalue weighted by Gasteiger charge is -2.35. The van der Waals surface area contributed by atoms with E-state index >= 15 is 0 Å². The molecule has 3 N–H and O–H groups in total. The molecule has 0 radical (unpaired) electrons. The maximum atomic E-state index is 12.3. The van der Waals surface area contributed by atoms with Gasteiger partial charge in [-0.2, -0.15) is 0 Å². The number of nitrogens with zero attached hydrogens (tertiary/aromatic N) is 2. The smallest absolute Gasteiger partial charge is 0.273 e. The monoisotopic (exact) mass is 348 g/mol. The van der Waals surface area contributed by atoms with Crippen LogP contribution in [0.15, 0.2) is 10.6 Å². The van der Waals surface area contributed by atoms with E-state index in [0.717, 1.165) is 51.0 Å². The van der Waals surface area contributed by atoms with E-state index < -0.39 is 0 Å². The molecular weight excluding hydrogens is 320 g/mol. The molecule has 1 saturated heterocycles. The maximum absolute atomic E-state index is 12.3. The minimum atomic E-state index is -0.176. The highest BCUT2D eigenvalue weighted by Crippen LogP contribution is 2.40. The fourth-order valence-corrected chi connectivity index (χ4v) is 3.42. The largest absolute Gasteiger partial charge is 0.360 e. The van der Waals surface area contributed by atoms with E-state index in [-0.39, 0.29) is 17.9 Å². The molecular formula is C18H28N4O3. The summed E-state index contributed by atoms with van der Waals surface area (Å²) in [6, 6.07) is 1.81. The van der Waals surface area contributed by atoms with Crippen molar-refractivity contribution in [2.24, 2.45) is 11.7 Å². The molecule has 1 saturated carbocycles. The van der Waals surface area contributed by atoms with Gasteiger partial charge in [0.1, 0.15) is 5.76 Å². The second kappa shape index (κ2) is 7.99. The lowest BCUT2D eigenvalue weighted by Crippen LogP contribution is -2.45. The molecule has 1 aliphatic carbocycles. The van der Waals surface area contributed by atoms with Crippen molar-refractivity contribution < 1.29 is 14.1 Å². The molecule has 2 fully saturated rings. The van der Waals surface area contributed by atoms with E-state index in [1.165, 1.54) is 0 Å². The van der Waals surface area contributed by atoms with Gasteiger partial charge in [-0.3, -0.25) is 9.59 Å². The number of amides is 2. The van der Waals surface area contributed by atoms with Gasteiger partial charge in [0.2, 0.25) is 5.91 Å². The van der Waals surface area contributed by atoms with Crippen LogP contribution in [0.5, 0.6) is 0 Å². The number of aromatic nitrogens is 1. The summed E-state index contributed by atoms with van der Waals surface area (Å²) in [5.41, 5.74) is 5.83. The van der Waals surface area contributed by atoms with Gasteiger partial charge in [-0.25, -0.2) is 0 Å². The zero-order valence-electron chi connectivity index (χ0n) is 14.9. The van der Waals surface area contributed by atoms with Crippen LogP contribution < -0.4 is 11.1 Å². The fraction of sp³-hybridized carbons (Fsp3) is 0.722. The number of hydrogen-bond donors (Lipinski definition) is 2. The van der Waals surface area contributed by atoms with Gasteiger partial charge in [0, 0.05) is 37.5 Å². The first-order valence-electron chi connectivity index (χ1n) is 9.33. The van der Waals surface area contributed by atoms with E-state index in [1.807, 2.05) is 11.8 Å². The summed E-state index contributed by atoms with van der Waals surface area (Å²) in [6.07, 6.45) is 5.32. The number of likely N-dealkylation sites (tertiary alicyclic amines) is 1. The molecule has 1 atom stereocenters. The van der Waals surface area contributed by atoms with Crippen molar-refractivity contribution in [3.63, 3.8) is 0 Å². The highest BCUT2D eigenvalue weighted by molar-refractivity contribution is 5.92. The van der Waals surface area contributed by atoms with Gasteiger partial charge < -0.3 is 20.5 Å². The summed E-state index contributed by atoms with van der Waals surface area (Å²) in [6.45, 7) is 4.08. The maximum Gasteiger partial charge on any atom is 0.273 e. The number of carbonyl (C=O) groups is 2. The number of rotatable bonds is 7. The van der Waals surface area contributed by atoms with Gasteiger partial charge in [0.25, 0.3) is 5.91 Å². The van der Waals surface area contributed by atoms with E-state index in [1.54, 1.807) is 6.07 Å². The first kappa shape index (κ1) is 17.9. The van der Waals surface area contributed by atoms with E-state index in [4.69, 9.17) is 10.3 Å². The number of carbonyl (C=O) groups excluding carboxylic acids is 2. The van der Waals surface area contributed by atoms with Crippen LogP contribution in [0.3, 0.4) is 0 Å². The molecule has 0 unspecified atom stereocenters. The first-order valence-corrected chi connectivity index (χ1v) is 9.33. The van der Waals surface area contributed by atoms with Crippen LogP contribution in [-0.2, 0) is 4.79 Å². The number of nitrogens with two attached hydrogens (primary N) is 1. The third-order valence-electron chi connectivity index (χ3n) is 5.29. The van der Waals surface area contributed by atoms with Gasteiger partial charge in [-0.05, 0) is 51.5 Å². The third kappa shape index (κ3) is 4.60. The standard InChI is InChI=1S/C18H28N4O3/c1-12(13-6-9-22(10-7-13)17(23)3-2-8-19)20-18(24)15-11-16(25-21-15)14-4-5-14/h11-14H,2-10,19H2,1H3,(H,20,24)/t12-/m0/s1. The summed E-state index contributed by atoms with van der Waals surface area (Å²) in [5.74, 6) is 1.66. The lowest BCUT2D eigenvalue weighted by atomic mass is 9.90.